The lowest BCUT2D eigenvalue weighted by Crippen LogP contribution is -2.06. The minimum atomic E-state index is -4.42. The van der Waals surface area contributed by atoms with E-state index in [9.17, 15) is 13.2 Å². The number of halogens is 3. The highest BCUT2D eigenvalue weighted by Gasteiger charge is 2.36. The molecular formula is C15H16F3N3. The van der Waals surface area contributed by atoms with Gasteiger partial charge in [-0.2, -0.15) is 13.2 Å². The minimum absolute atomic E-state index is 0.0164. The van der Waals surface area contributed by atoms with Crippen molar-refractivity contribution in [2.75, 3.05) is 0 Å². The van der Waals surface area contributed by atoms with Crippen LogP contribution in [-0.2, 0) is 19.1 Å². The van der Waals surface area contributed by atoms with Crippen LogP contribution in [0.15, 0.2) is 24.4 Å². The van der Waals surface area contributed by atoms with E-state index in [2.05, 4.69) is 4.98 Å². The molecule has 21 heavy (non-hydrogen) atoms. The van der Waals surface area contributed by atoms with E-state index in [1.807, 2.05) is 25.1 Å². The second-order valence-electron chi connectivity index (χ2n) is 5.44. The lowest BCUT2D eigenvalue weighted by molar-refractivity contribution is -0.140. The van der Waals surface area contributed by atoms with Gasteiger partial charge in [0, 0.05) is 24.3 Å². The van der Waals surface area contributed by atoms with E-state index in [1.54, 1.807) is 4.57 Å². The molecule has 1 aliphatic rings. The molecule has 1 atom stereocenters. The van der Waals surface area contributed by atoms with Gasteiger partial charge in [-0.25, -0.2) is 4.98 Å². The van der Waals surface area contributed by atoms with Gasteiger partial charge >= 0.3 is 6.18 Å². The first-order valence-electron chi connectivity index (χ1n) is 6.88. The number of aromatic nitrogens is 2. The van der Waals surface area contributed by atoms with Gasteiger partial charge in [-0.05, 0) is 30.9 Å². The van der Waals surface area contributed by atoms with E-state index in [1.165, 1.54) is 0 Å². The fourth-order valence-electron chi connectivity index (χ4n) is 2.77. The summed E-state index contributed by atoms with van der Waals surface area (Å²) in [5, 5.41) is 0. The van der Waals surface area contributed by atoms with Crippen LogP contribution in [0.2, 0.25) is 0 Å². The number of rotatable bonds is 1. The Bertz CT molecular complexity index is 673. The fourth-order valence-corrected chi connectivity index (χ4v) is 2.77. The van der Waals surface area contributed by atoms with Crippen molar-refractivity contribution in [2.24, 2.45) is 5.73 Å². The van der Waals surface area contributed by atoms with Crippen molar-refractivity contribution in [3.05, 3.63) is 41.2 Å². The molecule has 3 nitrogen and oxygen atoms in total. The third-order valence-electron chi connectivity index (χ3n) is 3.98. The van der Waals surface area contributed by atoms with E-state index < -0.39 is 11.9 Å². The third kappa shape index (κ3) is 2.44. The van der Waals surface area contributed by atoms with E-state index in [0.29, 0.717) is 12.4 Å². The summed E-state index contributed by atoms with van der Waals surface area (Å²) in [7, 11) is 0. The first-order valence-corrected chi connectivity index (χ1v) is 6.88. The van der Waals surface area contributed by atoms with E-state index in [-0.39, 0.29) is 6.04 Å². The molecule has 1 aromatic heterocycles. The van der Waals surface area contributed by atoms with Crippen LogP contribution in [-0.4, -0.2) is 9.55 Å². The Hall–Kier alpha value is -1.82. The highest BCUT2D eigenvalue weighted by molar-refractivity contribution is 5.63. The van der Waals surface area contributed by atoms with Gasteiger partial charge in [-0.1, -0.05) is 18.2 Å². The molecule has 0 radical (unpaired) electrons. The van der Waals surface area contributed by atoms with Crippen LogP contribution in [0.5, 0.6) is 0 Å². The van der Waals surface area contributed by atoms with Gasteiger partial charge in [0.1, 0.15) is 5.82 Å². The highest BCUT2D eigenvalue weighted by atomic mass is 19.4. The Kier molecular flexibility index (Phi) is 3.28. The van der Waals surface area contributed by atoms with Gasteiger partial charge in [-0.15, -0.1) is 0 Å². The summed E-state index contributed by atoms with van der Waals surface area (Å²) in [5.41, 5.74) is 7.57. The Morgan fingerprint density at radius 1 is 1.38 bits per heavy atom. The Balaban J connectivity index is 2.18. The molecule has 0 bridgehead atoms. The van der Waals surface area contributed by atoms with Gasteiger partial charge in [0.15, 0.2) is 5.69 Å². The molecule has 0 spiro atoms. The zero-order chi connectivity index (χ0) is 15.2. The standard InChI is InChI=1S/C15H16F3N3/c1-9-2-4-11-6-10(7-19)3-5-12(11)14-20-13(8-21(9)14)15(16,17)18/h3,5-6,8-9H,2,4,7,19H2,1H3. The molecule has 6 heteroatoms. The normalized spacial score (nSPS) is 18.0. The summed E-state index contributed by atoms with van der Waals surface area (Å²) >= 11 is 0. The first kappa shape index (κ1) is 14.1. The Morgan fingerprint density at radius 2 is 2.14 bits per heavy atom. The molecule has 2 heterocycles. The van der Waals surface area contributed by atoms with Crippen LogP contribution in [0.1, 0.15) is 36.2 Å². The lowest BCUT2D eigenvalue weighted by Gasteiger charge is -2.11. The molecule has 1 aromatic carbocycles. The van der Waals surface area contributed by atoms with Crippen LogP contribution in [0, 0.1) is 0 Å². The smallest absolute Gasteiger partial charge is 0.328 e. The molecule has 3 rings (SSSR count). The SMILES string of the molecule is CC1CCc2cc(CN)ccc2-c2nc(C(F)(F)F)cn21. The minimum Gasteiger partial charge on any atom is -0.328 e. The van der Waals surface area contributed by atoms with Gasteiger partial charge < -0.3 is 10.3 Å². The average Bonchev–Trinajstić information content (AvgIpc) is 2.84. The average molecular weight is 295 g/mol. The van der Waals surface area contributed by atoms with Crippen molar-refractivity contribution in [3.8, 4) is 11.4 Å². The topological polar surface area (TPSA) is 43.8 Å². The van der Waals surface area contributed by atoms with Crippen molar-refractivity contribution in [1.82, 2.24) is 9.55 Å². The molecule has 1 aliphatic heterocycles. The van der Waals surface area contributed by atoms with Crippen molar-refractivity contribution < 1.29 is 13.2 Å². The Morgan fingerprint density at radius 3 is 2.81 bits per heavy atom. The molecule has 0 saturated heterocycles. The number of alkyl halides is 3. The van der Waals surface area contributed by atoms with Crippen molar-refractivity contribution in [3.63, 3.8) is 0 Å². The van der Waals surface area contributed by atoms with Gasteiger partial charge in [0.2, 0.25) is 0 Å². The van der Waals surface area contributed by atoms with Crippen LogP contribution in [0.25, 0.3) is 11.4 Å². The Labute approximate surface area is 120 Å². The molecule has 0 fully saturated rings. The molecule has 2 aromatic rings. The number of fused-ring (bicyclic) bond motifs is 3. The largest absolute Gasteiger partial charge is 0.434 e. The monoisotopic (exact) mass is 295 g/mol. The number of nitrogens with two attached hydrogens (primary N) is 1. The molecule has 1 unspecified atom stereocenters. The van der Waals surface area contributed by atoms with Crippen molar-refractivity contribution in [2.45, 2.75) is 38.5 Å². The van der Waals surface area contributed by atoms with E-state index in [4.69, 9.17) is 5.73 Å². The van der Waals surface area contributed by atoms with E-state index >= 15 is 0 Å². The predicted octanol–water partition coefficient (Wildman–Crippen LogP) is 3.53. The molecule has 0 saturated carbocycles. The maximum atomic E-state index is 12.9. The third-order valence-corrected chi connectivity index (χ3v) is 3.98. The van der Waals surface area contributed by atoms with Gasteiger partial charge in [0.05, 0.1) is 0 Å². The second-order valence-corrected chi connectivity index (χ2v) is 5.44. The van der Waals surface area contributed by atoms with Crippen LogP contribution in [0.4, 0.5) is 13.2 Å². The number of hydrogen-bond acceptors (Lipinski definition) is 2. The number of aryl methyl sites for hydroxylation is 1. The van der Waals surface area contributed by atoms with Gasteiger partial charge in [0.25, 0.3) is 0 Å². The summed E-state index contributed by atoms with van der Waals surface area (Å²) in [6.07, 6.45) is -1.71. The maximum Gasteiger partial charge on any atom is 0.434 e. The predicted molar refractivity (Wildman–Crippen MR) is 73.6 cm³/mol. The summed E-state index contributed by atoms with van der Waals surface area (Å²) in [6.45, 7) is 2.34. The molecule has 0 aliphatic carbocycles. The quantitative estimate of drug-likeness (QED) is 0.874. The molecule has 2 N–H and O–H groups in total. The lowest BCUT2D eigenvalue weighted by atomic mass is 9.99. The molecular weight excluding hydrogens is 279 g/mol. The zero-order valence-electron chi connectivity index (χ0n) is 11.6. The molecule has 112 valence electrons. The summed E-state index contributed by atoms with van der Waals surface area (Å²) in [6, 6.07) is 5.63. The molecule has 0 amide bonds. The van der Waals surface area contributed by atoms with Crippen LogP contribution < -0.4 is 5.73 Å². The van der Waals surface area contributed by atoms with Crippen LogP contribution in [0.3, 0.4) is 0 Å². The summed E-state index contributed by atoms with van der Waals surface area (Å²) in [4.78, 5) is 3.84. The first-order chi connectivity index (χ1) is 9.90. The van der Waals surface area contributed by atoms with E-state index in [0.717, 1.165) is 35.7 Å². The summed E-state index contributed by atoms with van der Waals surface area (Å²) < 4.78 is 40.4. The summed E-state index contributed by atoms with van der Waals surface area (Å²) in [5.74, 6) is 0.394. The number of hydrogen-bond donors (Lipinski definition) is 1. The zero-order valence-corrected chi connectivity index (χ0v) is 11.6. The number of imidazole rings is 1. The van der Waals surface area contributed by atoms with Crippen molar-refractivity contribution >= 4 is 0 Å². The van der Waals surface area contributed by atoms with Crippen LogP contribution >= 0.6 is 0 Å². The number of nitrogens with zero attached hydrogens (tertiary/aromatic N) is 2. The van der Waals surface area contributed by atoms with Crippen molar-refractivity contribution in [1.29, 1.82) is 0 Å². The fraction of sp³-hybridized carbons (Fsp3) is 0.400. The second kappa shape index (κ2) is 4.87. The maximum absolute atomic E-state index is 12.9. The highest BCUT2D eigenvalue weighted by Crippen LogP contribution is 2.37. The van der Waals surface area contributed by atoms with Gasteiger partial charge in [-0.3, -0.25) is 0 Å². The number of benzene rings is 1.